The van der Waals surface area contributed by atoms with Crippen molar-refractivity contribution in [2.75, 3.05) is 13.1 Å². The van der Waals surface area contributed by atoms with Crippen molar-refractivity contribution in [2.45, 2.75) is 32.9 Å². The van der Waals surface area contributed by atoms with Gasteiger partial charge in [-0.15, -0.1) is 0 Å². The molecule has 0 bridgehead atoms. The van der Waals surface area contributed by atoms with Crippen molar-refractivity contribution in [3.05, 3.63) is 71.3 Å². The normalized spacial score (nSPS) is 14.5. The summed E-state index contributed by atoms with van der Waals surface area (Å²) in [6.07, 6.45) is 0. The van der Waals surface area contributed by atoms with E-state index < -0.39 is 0 Å². The molecular weight excluding hydrogens is 466 g/mol. The lowest BCUT2D eigenvalue weighted by Crippen LogP contribution is -2.38. The second-order valence-electron chi connectivity index (χ2n) is 7.45. The Morgan fingerprint density at radius 2 is 1.58 bits per heavy atom. The number of hydrogen-bond donors (Lipinski definition) is 3. The maximum absolute atomic E-state index is 12.8. The van der Waals surface area contributed by atoms with Crippen LogP contribution in [0.15, 0.2) is 48.5 Å². The van der Waals surface area contributed by atoms with Crippen LogP contribution in [0.4, 0.5) is 8.78 Å². The van der Waals surface area contributed by atoms with E-state index in [0.29, 0.717) is 10.2 Å². The molecule has 0 aromatic heterocycles. The number of thiocarbonyl (C=S) groups is 2. The fraction of sp³-hybridized carbons (Fsp3) is 0.304. The molecule has 1 fully saturated rings. The minimum absolute atomic E-state index is 0.0172. The minimum atomic E-state index is -0.288. The van der Waals surface area contributed by atoms with E-state index in [4.69, 9.17) is 24.4 Å². The minimum Gasteiger partial charge on any atom is -0.356 e. The molecule has 1 heterocycles. The molecule has 0 unspecified atom stereocenters. The van der Waals surface area contributed by atoms with Crippen molar-refractivity contribution in [1.29, 1.82) is 0 Å². The molecule has 1 aliphatic heterocycles. The molecule has 3 rings (SSSR count). The SMILES string of the molecule is CC(=O)CNC(=S)N[C@@H](C)c1ccc(F)cc1.C[C@@H](c1ccc(F)cc1)N1C(=O)CNC1=S. The third kappa shape index (κ3) is 8.14. The van der Waals surface area contributed by atoms with Gasteiger partial charge in [-0.3, -0.25) is 14.5 Å². The van der Waals surface area contributed by atoms with Crippen LogP contribution in [-0.4, -0.2) is 39.9 Å². The number of halogens is 2. The Morgan fingerprint density at radius 1 is 1.06 bits per heavy atom. The maximum atomic E-state index is 12.8. The zero-order chi connectivity index (χ0) is 24.5. The first-order chi connectivity index (χ1) is 15.6. The van der Waals surface area contributed by atoms with Crippen molar-refractivity contribution in [3.63, 3.8) is 0 Å². The molecular formula is C23H26F2N4O2S2. The lowest BCUT2D eigenvalue weighted by atomic mass is 10.1. The molecule has 2 atom stereocenters. The van der Waals surface area contributed by atoms with E-state index in [1.807, 2.05) is 13.8 Å². The number of ketones is 1. The monoisotopic (exact) mass is 492 g/mol. The number of benzene rings is 2. The summed E-state index contributed by atoms with van der Waals surface area (Å²) in [7, 11) is 0. The average molecular weight is 493 g/mol. The predicted molar refractivity (Wildman–Crippen MR) is 131 cm³/mol. The highest BCUT2D eigenvalue weighted by Gasteiger charge is 2.30. The Bertz CT molecular complexity index is 985. The summed E-state index contributed by atoms with van der Waals surface area (Å²) >= 11 is 10.1. The molecule has 0 saturated carbocycles. The van der Waals surface area contributed by atoms with Crippen LogP contribution < -0.4 is 16.0 Å². The van der Waals surface area contributed by atoms with Gasteiger partial charge in [0.25, 0.3) is 0 Å². The van der Waals surface area contributed by atoms with E-state index in [9.17, 15) is 18.4 Å². The van der Waals surface area contributed by atoms with Crippen LogP contribution in [0, 0.1) is 11.6 Å². The molecule has 1 aliphatic rings. The molecule has 0 aliphatic carbocycles. The van der Waals surface area contributed by atoms with Crippen LogP contribution in [0.25, 0.3) is 0 Å². The molecule has 1 saturated heterocycles. The number of amides is 1. The molecule has 2 aromatic carbocycles. The van der Waals surface area contributed by atoms with Gasteiger partial charge in [0.15, 0.2) is 10.2 Å². The van der Waals surface area contributed by atoms with Gasteiger partial charge < -0.3 is 16.0 Å². The second-order valence-corrected chi connectivity index (χ2v) is 8.25. The second kappa shape index (κ2) is 12.3. The largest absolute Gasteiger partial charge is 0.356 e. The number of carbonyl (C=O) groups is 2. The number of hydrogen-bond acceptors (Lipinski definition) is 4. The standard InChI is InChI=1S/C12H15FN2OS.C11H11FN2OS/c1-8(16)7-14-12(17)15-9(2)10-3-5-11(13)6-4-10;1-7(8-2-4-9(12)5-3-8)14-10(15)6-13-11(14)16/h3-6,9H,7H2,1-2H3,(H2,14,15,17);2-5,7H,6H2,1H3,(H,13,16)/t9-;7-/m00/s1. The van der Waals surface area contributed by atoms with Crippen LogP contribution in [0.2, 0.25) is 0 Å². The maximum Gasteiger partial charge on any atom is 0.248 e. The molecule has 3 N–H and O–H groups in total. The Morgan fingerprint density at radius 3 is 2.03 bits per heavy atom. The molecule has 33 heavy (non-hydrogen) atoms. The molecule has 176 valence electrons. The van der Waals surface area contributed by atoms with Crippen molar-refractivity contribution in [3.8, 4) is 0 Å². The molecule has 6 nitrogen and oxygen atoms in total. The Labute approximate surface area is 202 Å². The van der Waals surface area contributed by atoms with Crippen LogP contribution in [-0.2, 0) is 9.59 Å². The highest BCUT2D eigenvalue weighted by Crippen LogP contribution is 2.22. The van der Waals surface area contributed by atoms with Crippen molar-refractivity contribution < 1.29 is 18.4 Å². The third-order valence-corrected chi connectivity index (χ3v) is 5.44. The summed E-state index contributed by atoms with van der Waals surface area (Å²) < 4.78 is 25.5. The van der Waals surface area contributed by atoms with Crippen molar-refractivity contribution in [2.24, 2.45) is 0 Å². The highest BCUT2D eigenvalue weighted by atomic mass is 32.1. The van der Waals surface area contributed by atoms with Crippen LogP contribution in [0.5, 0.6) is 0 Å². The predicted octanol–water partition coefficient (Wildman–Crippen LogP) is 3.54. The number of carbonyl (C=O) groups excluding carboxylic acids is 2. The number of nitrogens with one attached hydrogen (secondary N) is 3. The average Bonchev–Trinajstić information content (AvgIpc) is 3.11. The van der Waals surface area contributed by atoms with E-state index in [0.717, 1.165) is 11.1 Å². The first-order valence-corrected chi connectivity index (χ1v) is 11.0. The van der Waals surface area contributed by atoms with Gasteiger partial charge >= 0.3 is 0 Å². The Kier molecular flexibility index (Phi) is 9.80. The van der Waals surface area contributed by atoms with Gasteiger partial charge in [0.2, 0.25) is 5.91 Å². The summed E-state index contributed by atoms with van der Waals surface area (Å²) in [5.41, 5.74) is 1.79. The van der Waals surface area contributed by atoms with E-state index in [1.54, 1.807) is 24.3 Å². The first kappa shape index (κ1) is 26.3. The first-order valence-electron chi connectivity index (χ1n) is 10.2. The highest BCUT2D eigenvalue weighted by molar-refractivity contribution is 7.80. The third-order valence-electron chi connectivity index (χ3n) is 4.83. The number of nitrogens with zero attached hydrogens (tertiary/aromatic N) is 1. The zero-order valence-corrected chi connectivity index (χ0v) is 20.2. The molecule has 10 heteroatoms. The number of rotatable bonds is 6. The summed E-state index contributed by atoms with van der Waals surface area (Å²) in [5.74, 6) is -0.590. The fourth-order valence-electron chi connectivity index (χ4n) is 3.00. The Balaban J connectivity index is 0.000000234. The number of Topliss-reactive ketones (excluding diaryl/α,β-unsaturated/α-hetero) is 1. The van der Waals surface area contributed by atoms with Crippen LogP contribution in [0.1, 0.15) is 44.0 Å². The van der Waals surface area contributed by atoms with Gasteiger partial charge in [-0.25, -0.2) is 8.78 Å². The molecule has 1 amide bonds. The quantitative estimate of drug-likeness (QED) is 0.533. The summed E-state index contributed by atoms with van der Waals surface area (Å²) in [6, 6.07) is 12.1. The van der Waals surface area contributed by atoms with Gasteiger partial charge in [-0.05, 0) is 80.6 Å². The topological polar surface area (TPSA) is 73.5 Å². The molecule has 0 radical (unpaired) electrons. The van der Waals surface area contributed by atoms with Crippen LogP contribution in [0.3, 0.4) is 0 Å². The van der Waals surface area contributed by atoms with Gasteiger partial charge in [-0.2, -0.15) is 0 Å². The van der Waals surface area contributed by atoms with Gasteiger partial charge in [0, 0.05) is 0 Å². The summed E-state index contributed by atoms with van der Waals surface area (Å²) in [6.45, 7) is 5.71. The van der Waals surface area contributed by atoms with E-state index in [1.165, 1.54) is 36.1 Å². The lowest BCUT2D eigenvalue weighted by molar-refractivity contribution is -0.125. The van der Waals surface area contributed by atoms with Crippen molar-refractivity contribution >= 4 is 46.4 Å². The smallest absolute Gasteiger partial charge is 0.248 e. The lowest BCUT2D eigenvalue weighted by Gasteiger charge is -2.23. The van der Waals surface area contributed by atoms with E-state index in [-0.39, 0.29) is 48.5 Å². The summed E-state index contributed by atoms with van der Waals surface area (Å²) in [4.78, 5) is 23.8. The van der Waals surface area contributed by atoms with Crippen LogP contribution >= 0.6 is 24.4 Å². The Hall–Kier alpha value is -2.98. The summed E-state index contributed by atoms with van der Waals surface area (Å²) in [5, 5.41) is 9.47. The molecule has 2 aromatic rings. The van der Waals surface area contributed by atoms with Gasteiger partial charge in [-0.1, -0.05) is 24.3 Å². The van der Waals surface area contributed by atoms with Gasteiger partial charge in [0.1, 0.15) is 17.4 Å². The molecule has 0 spiro atoms. The van der Waals surface area contributed by atoms with E-state index >= 15 is 0 Å². The fourth-order valence-corrected chi connectivity index (χ4v) is 3.59. The van der Waals surface area contributed by atoms with Gasteiger partial charge in [0.05, 0.1) is 25.2 Å². The van der Waals surface area contributed by atoms with E-state index in [2.05, 4.69) is 16.0 Å². The van der Waals surface area contributed by atoms with Crippen molar-refractivity contribution in [1.82, 2.24) is 20.9 Å². The zero-order valence-electron chi connectivity index (χ0n) is 18.5.